The fourth-order valence-corrected chi connectivity index (χ4v) is 3.31. The van der Waals surface area contributed by atoms with Gasteiger partial charge in [-0.25, -0.2) is 4.79 Å². The first kappa shape index (κ1) is 28.7. The van der Waals surface area contributed by atoms with Crippen molar-refractivity contribution >= 4 is 23.8 Å². The molecule has 0 aromatic heterocycles. The number of amides is 4. The van der Waals surface area contributed by atoms with E-state index in [0.29, 0.717) is 13.0 Å². The Morgan fingerprint density at radius 2 is 1.76 bits per heavy atom. The van der Waals surface area contributed by atoms with Gasteiger partial charge in [0.25, 0.3) is 0 Å². The van der Waals surface area contributed by atoms with Gasteiger partial charge in [0.1, 0.15) is 23.4 Å². The summed E-state index contributed by atoms with van der Waals surface area (Å²) < 4.78 is 5.22. The lowest BCUT2D eigenvalue weighted by Gasteiger charge is -2.34. The molecule has 0 aliphatic heterocycles. The number of alkyl carbamates (subject to hydrolysis) is 1. The van der Waals surface area contributed by atoms with Crippen LogP contribution in [0, 0.1) is 0 Å². The first-order chi connectivity index (χ1) is 15.9. The molecule has 0 saturated heterocycles. The topological polar surface area (TPSA) is 151 Å². The average Bonchev–Trinajstić information content (AvgIpc) is 2.72. The Labute approximate surface area is 201 Å². The van der Waals surface area contributed by atoms with Gasteiger partial charge >= 0.3 is 6.09 Å². The van der Waals surface area contributed by atoms with Crippen LogP contribution < -0.4 is 16.4 Å². The zero-order valence-electron chi connectivity index (χ0n) is 20.7. The van der Waals surface area contributed by atoms with Crippen LogP contribution in [0.4, 0.5) is 4.79 Å². The van der Waals surface area contributed by atoms with Gasteiger partial charge in [0.15, 0.2) is 0 Å². The van der Waals surface area contributed by atoms with Crippen LogP contribution in [0.15, 0.2) is 24.3 Å². The predicted octanol–water partition coefficient (Wildman–Crippen LogP) is 2.36. The van der Waals surface area contributed by atoms with Crippen LogP contribution in [0.2, 0.25) is 0 Å². The number of hydrogen-bond donors (Lipinski definition) is 4. The van der Waals surface area contributed by atoms with E-state index in [2.05, 4.69) is 10.6 Å². The molecule has 0 fully saturated rings. The zero-order valence-corrected chi connectivity index (χ0v) is 20.7. The van der Waals surface area contributed by atoms with Gasteiger partial charge in [-0.05, 0) is 39.7 Å². The molecule has 5 N–H and O–H groups in total. The molecule has 1 rings (SSSR count). The van der Waals surface area contributed by atoms with Crippen molar-refractivity contribution < 1.29 is 29.0 Å². The number of rotatable bonds is 12. The van der Waals surface area contributed by atoms with Crippen LogP contribution >= 0.6 is 0 Å². The number of phenolic OH excluding ortho intramolecular Hbond substituents is 1. The highest BCUT2D eigenvalue weighted by atomic mass is 16.6. The summed E-state index contributed by atoms with van der Waals surface area (Å²) in [5, 5.41) is 15.7. The van der Waals surface area contributed by atoms with E-state index in [1.807, 2.05) is 13.8 Å². The Hall–Kier alpha value is -3.30. The molecule has 0 radical (unpaired) electrons. The van der Waals surface area contributed by atoms with Gasteiger partial charge in [-0.3, -0.25) is 14.4 Å². The second-order valence-electron chi connectivity index (χ2n) is 9.01. The number of nitrogens with two attached hydrogens (primary N) is 1. The second-order valence-corrected chi connectivity index (χ2v) is 9.01. The highest BCUT2D eigenvalue weighted by Crippen LogP contribution is 2.30. The number of carbonyl (C=O) groups excluding carboxylic acids is 4. The van der Waals surface area contributed by atoms with E-state index in [0.717, 1.165) is 12.8 Å². The van der Waals surface area contributed by atoms with E-state index >= 15 is 0 Å². The first-order valence-corrected chi connectivity index (χ1v) is 11.5. The third kappa shape index (κ3) is 9.29. The molecule has 0 spiro atoms. The standard InChI is InChI=1S/C24H38N4O6/c1-6-8-13-26-21(31)20(16-11-9-10-12-18(16)29)28(14-7-2)22(32)17(15-19(25)30)27-23(33)34-24(3,4)5/h9-12,17,20,29H,6-8,13-15H2,1-5H3,(H2,25,30)(H,26,31)(H,27,33). The van der Waals surface area contributed by atoms with Crippen LogP contribution in [0.5, 0.6) is 5.75 Å². The molecule has 190 valence electrons. The summed E-state index contributed by atoms with van der Waals surface area (Å²) in [7, 11) is 0. The molecule has 2 atom stereocenters. The molecule has 1 aromatic carbocycles. The Kier molecular flexibility index (Phi) is 11.3. The number of unbranched alkanes of at least 4 members (excludes halogenated alkanes) is 1. The van der Waals surface area contributed by atoms with E-state index < -0.39 is 47.9 Å². The molecule has 0 aliphatic carbocycles. The summed E-state index contributed by atoms with van der Waals surface area (Å²) in [5.74, 6) is -2.13. The summed E-state index contributed by atoms with van der Waals surface area (Å²) in [6.07, 6.45) is 0.706. The van der Waals surface area contributed by atoms with Crippen molar-refractivity contribution in [3.05, 3.63) is 29.8 Å². The van der Waals surface area contributed by atoms with E-state index in [1.54, 1.807) is 39.0 Å². The number of para-hydroxylation sites is 1. The van der Waals surface area contributed by atoms with Crippen molar-refractivity contribution in [3.63, 3.8) is 0 Å². The van der Waals surface area contributed by atoms with E-state index in [1.165, 1.54) is 11.0 Å². The minimum Gasteiger partial charge on any atom is -0.508 e. The van der Waals surface area contributed by atoms with Crippen molar-refractivity contribution in [2.45, 2.75) is 78.0 Å². The average molecular weight is 479 g/mol. The number of carbonyl (C=O) groups is 4. The predicted molar refractivity (Wildman–Crippen MR) is 128 cm³/mol. The third-order valence-electron chi connectivity index (χ3n) is 4.76. The zero-order chi connectivity index (χ0) is 25.9. The van der Waals surface area contributed by atoms with Gasteiger partial charge in [0.2, 0.25) is 17.7 Å². The SMILES string of the molecule is CCCCNC(=O)C(c1ccccc1O)N(CCC)C(=O)C(CC(N)=O)NC(=O)OC(C)(C)C. The Balaban J connectivity index is 3.39. The normalized spacial score (nSPS) is 12.9. The Bertz CT molecular complexity index is 852. The van der Waals surface area contributed by atoms with Gasteiger partial charge in [0, 0.05) is 18.7 Å². The number of benzene rings is 1. The number of ether oxygens (including phenoxy) is 1. The molecule has 4 amide bonds. The van der Waals surface area contributed by atoms with Crippen molar-refractivity contribution in [1.82, 2.24) is 15.5 Å². The Morgan fingerprint density at radius 3 is 2.29 bits per heavy atom. The van der Waals surface area contributed by atoms with Crippen LogP contribution in [0.1, 0.15) is 71.9 Å². The minimum atomic E-state index is -1.35. The molecule has 10 nitrogen and oxygen atoms in total. The number of primary amides is 1. The van der Waals surface area contributed by atoms with Gasteiger partial charge in [-0.2, -0.15) is 0 Å². The second kappa shape index (κ2) is 13.4. The maximum absolute atomic E-state index is 13.6. The smallest absolute Gasteiger partial charge is 0.408 e. The fourth-order valence-electron chi connectivity index (χ4n) is 3.31. The van der Waals surface area contributed by atoms with Crippen LogP contribution in [0.25, 0.3) is 0 Å². The summed E-state index contributed by atoms with van der Waals surface area (Å²) in [5.41, 5.74) is 4.74. The first-order valence-electron chi connectivity index (χ1n) is 11.5. The molecule has 0 bridgehead atoms. The molecule has 2 unspecified atom stereocenters. The molecular weight excluding hydrogens is 440 g/mol. The molecule has 0 heterocycles. The Morgan fingerprint density at radius 1 is 1.12 bits per heavy atom. The third-order valence-corrected chi connectivity index (χ3v) is 4.76. The van der Waals surface area contributed by atoms with Crippen LogP contribution in [0.3, 0.4) is 0 Å². The highest BCUT2D eigenvalue weighted by molar-refractivity contribution is 5.94. The maximum Gasteiger partial charge on any atom is 0.408 e. The highest BCUT2D eigenvalue weighted by Gasteiger charge is 2.37. The van der Waals surface area contributed by atoms with Crippen molar-refractivity contribution in [3.8, 4) is 5.75 Å². The lowest BCUT2D eigenvalue weighted by Crippen LogP contribution is -2.54. The quantitative estimate of drug-likeness (QED) is 0.339. The van der Waals surface area contributed by atoms with Gasteiger partial charge in [-0.15, -0.1) is 0 Å². The number of nitrogens with zero attached hydrogens (tertiary/aromatic N) is 1. The van der Waals surface area contributed by atoms with Gasteiger partial charge < -0.3 is 31.1 Å². The summed E-state index contributed by atoms with van der Waals surface area (Å²) >= 11 is 0. The van der Waals surface area contributed by atoms with Crippen molar-refractivity contribution in [1.29, 1.82) is 0 Å². The number of aromatic hydroxyl groups is 1. The summed E-state index contributed by atoms with van der Waals surface area (Å²) in [6, 6.07) is 3.71. The monoisotopic (exact) mass is 478 g/mol. The van der Waals surface area contributed by atoms with Crippen molar-refractivity contribution in [2.24, 2.45) is 5.73 Å². The van der Waals surface area contributed by atoms with E-state index in [4.69, 9.17) is 10.5 Å². The number of nitrogens with one attached hydrogen (secondary N) is 2. The number of hydrogen-bond acceptors (Lipinski definition) is 6. The fraction of sp³-hybridized carbons (Fsp3) is 0.583. The molecule has 10 heteroatoms. The van der Waals surface area contributed by atoms with Gasteiger partial charge in [0.05, 0.1) is 6.42 Å². The lowest BCUT2D eigenvalue weighted by molar-refractivity contribution is -0.143. The largest absolute Gasteiger partial charge is 0.508 e. The van der Waals surface area contributed by atoms with Crippen molar-refractivity contribution in [2.75, 3.05) is 13.1 Å². The molecule has 0 aliphatic rings. The molecule has 0 saturated carbocycles. The van der Waals surface area contributed by atoms with Crippen LogP contribution in [-0.2, 0) is 19.1 Å². The number of phenols is 1. The molecular formula is C24H38N4O6. The molecule has 1 aromatic rings. The lowest BCUT2D eigenvalue weighted by atomic mass is 10.0. The summed E-state index contributed by atoms with van der Waals surface area (Å²) in [4.78, 5) is 52.2. The van der Waals surface area contributed by atoms with Gasteiger partial charge in [-0.1, -0.05) is 38.5 Å². The minimum absolute atomic E-state index is 0.129. The summed E-state index contributed by atoms with van der Waals surface area (Å²) in [6.45, 7) is 9.32. The maximum atomic E-state index is 13.6. The van der Waals surface area contributed by atoms with E-state index in [-0.39, 0.29) is 17.9 Å². The van der Waals surface area contributed by atoms with E-state index in [9.17, 15) is 24.3 Å². The van der Waals surface area contributed by atoms with Crippen LogP contribution in [-0.4, -0.2) is 58.6 Å². The molecule has 34 heavy (non-hydrogen) atoms.